The molecule has 4 aromatic rings. The predicted molar refractivity (Wildman–Crippen MR) is 113 cm³/mol. The highest BCUT2D eigenvalue weighted by molar-refractivity contribution is 9.10. The first-order valence-corrected chi connectivity index (χ1v) is 9.81. The van der Waals surface area contributed by atoms with Crippen molar-refractivity contribution in [3.8, 4) is 16.9 Å². The van der Waals surface area contributed by atoms with Crippen LogP contribution in [-0.4, -0.2) is 22.0 Å². The number of anilines is 2. The fraction of sp³-hybridized carbons (Fsp3) is 0.0526. The van der Waals surface area contributed by atoms with Crippen molar-refractivity contribution in [2.75, 3.05) is 12.4 Å². The van der Waals surface area contributed by atoms with Crippen LogP contribution in [0.1, 0.15) is 0 Å². The second kappa shape index (κ2) is 7.53. The number of fused-ring (bicyclic) bond motifs is 1. The Hall–Kier alpha value is -3.04. The van der Waals surface area contributed by atoms with Crippen LogP contribution in [0, 0.1) is 10.1 Å². The van der Waals surface area contributed by atoms with Gasteiger partial charge in [0, 0.05) is 27.5 Å². The summed E-state index contributed by atoms with van der Waals surface area (Å²) in [7, 11) is 1.51. The number of ether oxygens (including phenoxy) is 1. The van der Waals surface area contributed by atoms with Crippen LogP contribution < -0.4 is 10.1 Å². The van der Waals surface area contributed by atoms with Gasteiger partial charge in [0.25, 0.3) is 5.69 Å². The van der Waals surface area contributed by atoms with Gasteiger partial charge in [-0.15, -0.1) is 11.3 Å². The standard InChI is InChI=1S/C19H13BrN4O3S/c1-27-16-7-6-13(24(25)26)8-15(16)23-18-17-14(9-28-19(17)22-10-21-18)11-2-4-12(20)5-3-11/h2-10H,1H3,(H,21,22,23). The van der Waals surface area contributed by atoms with E-state index in [-0.39, 0.29) is 5.69 Å². The number of nitro groups is 1. The lowest BCUT2D eigenvalue weighted by Crippen LogP contribution is -1.99. The fourth-order valence-corrected chi connectivity index (χ4v) is 4.03. The first kappa shape index (κ1) is 18.3. The molecule has 2 heterocycles. The number of hydrogen-bond donors (Lipinski definition) is 1. The van der Waals surface area contributed by atoms with E-state index >= 15 is 0 Å². The third-order valence-electron chi connectivity index (χ3n) is 4.17. The number of non-ortho nitro benzene ring substituents is 1. The molecule has 0 saturated heterocycles. The van der Waals surface area contributed by atoms with Gasteiger partial charge in [-0.3, -0.25) is 10.1 Å². The number of thiophene rings is 1. The maximum Gasteiger partial charge on any atom is 0.271 e. The van der Waals surface area contributed by atoms with Crippen LogP contribution in [0.2, 0.25) is 0 Å². The second-order valence-electron chi connectivity index (χ2n) is 5.83. The Balaban J connectivity index is 1.84. The molecule has 0 atom stereocenters. The Kier molecular flexibility index (Phi) is 4.93. The van der Waals surface area contributed by atoms with Gasteiger partial charge in [-0.25, -0.2) is 9.97 Å². The summed E-state index contributed by atoms with van der Waals surface area (Å²) in [4.78, 5) is 20.3. The molecule has 0 amide bonds. The van der Waals surface area contributed by atoms with Gasteiger partial charge < -0.3 is 10.1 Å². The molecule has 4 rings (SSSR count). The number of benzene rings is 2. The Labute approximate surface area is 172 Å². The molecule has 0 aliphatic rings. The van der Waals surface area contributed by atoms with Gasteiger partial charge in [0.1, 0.15) is 22.7 Å². The average Bonchev–Trinajstić information content (AvgIpc) is 3.13. The van der Waals surface area contributed by atoms with Gasteiger partial charge in [-0.1, -0.05) is 28.1 Å². The van der Waals surface area contributed by atoms with Crippen LogP contribution in [-0.2, 0) is 0 Å². The van der Waals surface area contributed by atoms with Crippen molar-refractivity contribution in [3.63, 3.8) is 0 Å². The zero-order chi connectivity index (χ0) is 19.7. The van der Waals surface area contributed by atoms with Gasteiger partial charge in [0.2, 0.25) is 0 Å². The minimum absolute atomic E-state index is 0.0351. The second-order valence-corrected chi connectivity index (χ2v) is 7.60. The first-order chi connectivity index (χ1) is 13.6. The highest BCUT2D eigenvalue weighted by Gasteiger charge is 2.17. The number of nitrogens with zero attached hydrogens (tertiary/aromatic N) is 3. The van der Waals surface area contributed by atoms with Crippen molar-refractivity contribution in [1.82, 2.24) is 9.97 Å². The number of methoxy groups -OCH3 is 1. The predicted octanol–water partition coefficient (Wildman–Crippen LogP) is 5.78. The number of hydrogen-bond acceptors (Lipinski definition) is 7. The summed E-state index contributed by atoms with van der Waals surface area (Å²) in [6.07, 6.45) is 1.47. The Morgan fingerprint density at radius 1 is 1.18 bits per heavy atom. The highest BCUT2D eigenvalue weighted by atomic mass is 79.9. The molecule has 7 nitrogen and oxygen atoms in total. The van der Waals surface area contributed by atoms with Crippen LogP contribution in [0.3, 0.4) is 0 Å². The lowest BCUT2D eigenvalue weighted by molar-refractivity contribution is -0.384. The summed E-state index contributed by atoms with van der Waals surface area (Å²) >= 11 is 4.96. The van der Waals surface area contributed by atoms with E-state index in [2.05, 4.69) is 31.2 Å². The summed E-state index contributed by atoms with van der Waals surface area (Å²) < 4.78 is 6.34. The fourth-order valence-electron chi connectivity index (χ4n) is 2.85. The van der Waals surface area contributed by atoms with Crippen LogP contribution >= 0.6 is 27.3 Å². The van der Waals surface area contributed by atoms with Crippen molar-refractivity contribution < 1.29 is 9.66 Å². The van der Waals surface area contributed by atoms with E-state index in [0.29, 0.717) is 17.3 Å². The van der Waals surface area contributed by atoms with Gasteiger partial charge in [-0.2, -0.15) is 0 Å². The van der Waals surface area contributed by atoms with Crippen LogP contribution in [0.15, 0.2) is 58.6 Å². The molecule has 0 saturated carbocycles. The molecule has 28 heavy (non-hydrogen) atoms. The van der Waals surface area contributed by atoms with Gasteiger partial charge >= 0.3 is 0 Å². The van der Waals surface area contributed by atoms with E-state index in [0.717, 1.165) is 25.8 Å². The normalized spacial score (nSPS) is 10.8. The third-order valence-corrected chi connectivity index (χ3v) is 5.59. The lowest BCUT2D eigenvalue weighted by atomic mass is 10.1. The molecule has 2 aromatic carbocycles. The van der Waals surface area contributed by atoms with Crippen molar-refractivity contribution >= 4 is 54.7 Å². The topological polar surface area (TPSA) is 90.2 Å². The Morgan fingerprint density at radius 2 is 1.96 bits per heavy atom. The molecular weight excluding hydrogens is 444 g/mol. The molecule has 0 spiro atoms. The lowest BCUT2D eigenvalue weighted by Gasteiger charge is -2.12. The SMILES string of the molecule is COc1ccc([N+](=O)[O-])cc1Nc1ncnc2scc(-c3ccc(Br)cc3)c12. The highest BCUT2D eigenvalue weighted by Crippen LogP contribution is 2.39. The third kappa shape index (κ3) is 3.41. The quantitative estimate of drug-likeness (QED) is 0.302. The maximum absolute atomic E-state index is 11.2. The van der Waals surface area contributed by atoms with Gasteiger partial charge in [0.05, 0.1) is 23.1 Å². The van der Waals surface area contributed by atoms with Crippen molar-refractivity contribution in [1.29, 1.82) is 0 Å². The maximum atomic E-state index is 11.2. The molecule has 140 valence electrons. The molecule has 0 aliphatic heterocycles. The molecule has 0 fully saturated rings. The van der Waals surface area contributed by atoms with E-state index in [4.69, 9.17) is 4.74 Å². The average molecular weight is 457 g/mol. The minimum atomic E-state index is -0.446. The number of halogens is 1. The number of rotatable bonds is 5. The zero-order valence-corrected chi connectivity index (χ0v) is 17.0. The Bertz CT molecular complexity index is 1180. The largest absolute Gasteiger partial charge is 0.495 e. The summed E-state index contributed by atoms with van der Waals surface area (Å²) in [6, 6.07) is 12.4. The smallest absolute Gasteiger partial charge is 0.271 e. The Morgan fingerprint density at radius 3 is 2.68 bits per heavy atom. The minimum Gasteiger partial charge on any atom is -0.495 e. The molecule has 2 aromatic heterocycles. The van der Waals surface area contributed by atoms with Crippen LogP contribution in [0.5, 0.6) is 5.75 Å². The molecule has 0 unspecified atom stereocenters. The zero-order valence-electron chi connectivity index (χ0n) is 14.5. The van der Waals surface area contributed by atoms with Crippen molar-refractivity contribution in [2.24, 2.45) is 0 Å². The summed E-state index contributed by atoms with van der Waals surface area (Å²) in [5, 5.41) is 17.2. The van der Waals surface area contributed by atoms with Crippen LogP contribution in [0.25, 0.3) is 21.3 Å². The molecular formula is C19H13BrN4O3S. The van der Waals surface area contributed by atoms with E-state index < -0.39 is 4.92 Å². The number of nitrogens with one attached hydrogen (secondary N) is 1. The molecule has 0 bridgehead atoms. The molecule has 1 N–H and O–H groups in total. The number of aromatic nitrogens is 2. The molecule has 0 aliphatic carbocycles. The van der Waals surface area contributed by atoms with E-state index in [1.165, 1.54) is 36.9 Å². The molecule has 9 heteroatoms. The van der Waals surface area contributed by atoms with Crippen LogP contribution in [0.4, 0.5) is 17.2 Å². The van der Waals surface area contributed by atoms with Crippen molar-refractivity contribution in [2.45, 2.75) is 0 Å². The summed E-state index contributed by atoms with van der Waals surface area (Å²) in [5.74, 6) is 1.04. The van der Waals surface area contributed by atoms with Crippen molar-refractivity contribution in [3.05, 3.63) is 68.8 Å². The monoisotopic (exact) mass is 456 g/mol. The van der Waals surface area contributed by atoms with Gasteiger partial charge in [-0.05, 0) is 23.8 Å². The van der Waals surface area contributed by atoms with Gasteiger partial charge in [0.15, 0.2) is 0 Å². The molecule has 0 radical (unpaired) electrons. The first-order valence-electron chi connectivity index (χ1n) is 8.14. The van der Waals surface area contributed by atoms with E-state index in [1.807, 2.05) is 29.6 Å². The summed E-state index contributed by atoms with van der Waals surface area (Å²) in [6.45, 7) is 0. The number of nitro benzene ring substituents is 1. The summed E-state index contributed by atoms with van der Waals surface area (Å²) in [5.41, 5.74) is 2.44. The van der Waals surface area contributed by atoms with E-state index in [1.54, 1.807) is 6.07 Å². The van der Waals surface area contributed by atoms with E-state index in [9.17, 15) is 10.1 Å².